The van der Waals surface area contributed by atoms with Crippen molar-refractivity contribution >= 4 is 22.3 Å². The molecular formula is C22H28N4O4S. The predicted octanol–water partition coefficient (Wildman–Crippen LogP) is 3.43. The fraction of sp³-hybridized carbons (Fsp3) is 0.500. The molecule has 1 N–H and O–H groups in total. The van der Waals surface area contributed by atoms with E-state index in [9.17, 15) is 9.90 Å². The van der Waals surface area contributed by atoms with Crippen molar-refractivity contribution in [3.63, 3.8) is 0 Å². The van der Waals surface area contributed by atoms with E-state index in [0.29, 0.717) is 23.8 Å². The van der Waals surface area contributed by atoms with E-state index in [1.807, 2.05) is 38.1 Å². The van der Waals surface area contributed by atoms with Crippen molar-refractivity contribution in [2.75, 3.05) is 26.8 Å². The highest BCUT2D eigenvalue weighted by Crippen LogP contribution is 2.41. The molecular weight excluding hydrogens is 416 g/mol. The fourth-order valence-electron chi connectivity index (χ4n) is 4.09. The summed E-state index contributed by atoms with van der Waals surface area (Å²) >= 11 is 1.46. The van der Waals surface area contributed by atoms with Gasteiger partial charge in [-0.1, -0.05) is 30.4 Å². The van der Waals surface area contributed by atoms with Crippen LogP contribution in [-0.4, -0.2) is 57.4 Å². The number of rotatable bonds is 7. The molecule has 3 heterocycles. The molecule has 0 aliphatic carbocycles. The van der Waals surface area contributed by atoms with Gasteiger partial charge in [0.25, 0.3) is 0 Å². The normalized spacial score (nSPS) is 16.5. The number of carbonyl (C=O) groups excluding carboxylic acids is 1. The maximum absolute atomic E-state index is 12.2. The largest absolute Gasteiger partial charge is 0.497 e. The first-order valence-electron chi connectivity index (χ1n) is 10.7. The van der Waals surface area contributed by atoms with Gasteiger partial charge in [-0.2, -0.15) is 4.52 Å². The molecule has 1 saturated heterocycles. The minimum Gasteiger partial charge on any atom is -0.497 e. The molecule has 0 amide bonds. The zero-order valence-electron chi connectivity index (χ0n) is 18.1. The third-order valence-corrected chi connectivity index (χ3v) is 6.83. The third-order valence-electron chi connectivity index (χ3n) is 5.75. The van der Waals surface area contributed by atoms with Gasteiger partial charge in [-0.15, -0.1) is 5.10 Å². The predicted molar refractivity (Wildman–Crippen MR) is 118 cm³/mol. The first kappa shape index (κ1) is 21.6. The molecule has 1 aliphatic rings. The number of fused-ring (bicyclic) bond motifs is 1. The Bertz CT molecular complexity index is 1040. The summed E-state index contributed by atoms with van der Waals surface area (Å²) in [5, 5.41) is 15.4. The number of aromatic hydroxyl groups is 1. The second-order valence-electron chi connectivity index (χ2n) is 7.60. The molecule has 166 valence electrons. The van der Waals surface area contributed by atoms with Crippen LogP contribution in [-0.2, 0) is 16.0 Å². The number of methoxy groups -OCH3 is 1. The summed E-state index contributed by atoms with van der Waals surface area (Å²) in [5.74, 6) is 1.43. The Morgan fingerprint density at radius 2 is 1.97 bits per heavy atom. The molecule has 2 aromatic heterocycles. The van der Waals surface area contributed by atoms with Crippen LogP contribution < -0.4 is 4.74 Å². The number of carbonyl (C=O) groups is 1. The number of nitrogens with zero attached hydrogens (tertiary/aromatic N) is 4. The van der Waals surface area contributed by atoms with Crippen LogP contribution in [0.15, 0.2) is 24.3 Å². The van der Waals surface area contributed by atoms with Crippen LogP contribution >= 0.6 is 11.3 Å². The van der Waals surface area contributed by atoms with Crippen molar-refractivity contribution in [1.29, 1.82) is 0 Å². The number of likely N-dealkylation sites (tertiary alicyclic amines) is 1. The Morgan fingerprint density at radius 3 is 2.55 bits per heavy atom. The summed E-state index contributed by atoms with van der Waals surface area (Å²) in [6.07, 6.45) is 2.17. The number of thiazole rings is 1. The van der Waals surface area contributed by atoms with Gasteiger partial charge in [0.15, 0.2) is 5.82 Å². The monoisotopic (exact) mass is 444 g/mol. The average molecular weight is 445 g/mol. The second-order valence-corrected chi connectivity index (χ2v) is 8.61. The Hall–Kier alpha value is -2.65. The van der Waals surface area contributed by atoms with E-state index >= 15 is 0 Å². The third kappa shape index (κ3) is 4.24. The summed E-state index contributed by atoms with van der Waals surface area (Å²) in [5.41, 5.74) is 1.05. The first-order chi connectivity index (χ1) is 15.0. The van der Waals surface area contributed by atoms with Gasteiger partial charge < -0.3 is 14.6 Å². The Labute approximate surface area is 185 Å². The molecule has 0 saturated carbocycles. The second kappa shape index (κ2) is 9.23. The van der Waals surface area contributed by atoms with Gasteiger partial charge in [-0.3, -0.25) is 9.69 Å². The maximum atomic E-state index is 12.2. The lowest BCUT2D eigenvalue weighted by molar-refractivity contribution is -0.149. The van der Waals surface area contributed by atoms with E-state index in [0.717, 1.165) is 42.1 Å². The van der Waals surface area contributed by atoms with Crippen LogP contribution in [0, 0.1) is 5.92 Å². The summed E-state index contributed by atoms with van der Waals surface area (Å²) in [6.45, 7) is 5.69. The highest BCUT2D eigenvalue weighted by Gasteiger charge is 2.34. The van der Waals surface area contributed by atoms with E-state index in [-0.39, 0.29) is 23.8 Å². The Kier molecular flexibility index (Phi) is 6.43. The van der Waals surface area contributed by atoms with Crippen LogP contribution in [0.1, 0.15) is 49.0 Å². The van der Waals surface area contributed by atoms with Crippen molar-refractivity contribution in [2.24, 2.45) is 5.92 Å². The molecule has 4 rings (SSSR count). The van der Waals surface area contributed by atoms with Crippen molar-refractivity contribution in [2.45, 2.75) is 39.2 Å². The van der Waals surface area contributed by atoms with Crippen LogP contribution in [0.2, 0.25) is 0 Å². The minimum absolute atomic E-state index is 0.0734. The summed E-state index contributed by atoms with van der Waals surface area (Å²) < 4.78 is 12.1. The lowest BCUT2D eigenvalue weighted by Gasteiger charge is -2.36. The highest BCUT2D eigenvalue weighted by molar-refractivity contribution is 7.17. The standard InChI is InChI=1S/C22H28N4O4S/c1-4-17-23-22-26(24-17)20(27)19(31-22)18(14-6-8-16(29-3)9-7-14)25-12-10-15(11-13-25)21(28)30-5-2/h6-9,15,18,27H,4-5,10-13H2,1-3H3/t18-/m1/s1. The number of aromatic nitrogens is 3. The lowest BCUT2D eigenvalue weighted by atomic mass is 9.93. The van der Waals surface area contributed by atoms with Gasteiger partial charge >= 0.3 is 5.97 Å². The van der Waals surface area contributed by atoms with E-state index < -0.39 is 0 Å². The molecule has 0 radical (unpaired) electrons. The minimum atomic E-state index is -0.160. The molecule has 0 spiro atoms. The van der Waals surface area contributed by atoms with Gasteiger partial charge in [0.05, 0.1) is 30.6 Å². The number of piperidine rings is 1. The van der Waals surface area contributed by atoms with E-state index in [4.69, 9.17) is 9.47 Å². The highest BCUT2D eigenvalue weighted by atomic mass is 32.1. The number of hydrogen-bond acceptors (Lipinski definition) is 8. The number of aryl methyl sites for hydroxylation is 1. The fourth-order valence-corrected chi connectivity index (χ4v) is 5.22. The van der Waals surface area contributed by atoms with Gasteiger partial charge in [-0.25, -0.2) is 4.98 Å². The van der Waals surface area contributed by atoms with E-state index in [1.165, 1.54) is 15.9 Å². The van der Waals surface area contributed by atoms with Crippen molar-refractivity contribution in [1.82, 2.24) is 19.5 Å². The molecule has 1 aliphatic heterocycles. The van der Waals surface area contributed by atoms with Crippen LogP contribution in [0.4, 0.5) is 0 Å². The molecule has 0 unspecified atom stereocenters. The van der Waals surface area contributed by atoms with Gasteiger partial charge in [0.1, 0.15) is 5.75 Å². The topological polar surface area (TPSA) is 89.2 Å². The number of ether oxygens (including phenoxy) is 2. The zero-order valence-corrected chi connectivity index (χ0v) is 18.9. The molecule has 8 nitrogen and oxygen atoms in total. The first-order valence-corrected chi connectivity index (χ1v) is 11.5. The van der Waals surface area contributed by atoms with Crippen molar-refractivity contribution < 1.29 is 19.4 Å². The summed E-state index contributed by atoms with van der Waals surface area (Å²) in [4.78, 5) is 20.5. The van der Waals surface area contributed by atoms with Crippen LogP contribution in [0.25, 0.3) is 4.96 Å². The van der Waals surface area contributed by atoms with Crippen LogP contribution in [0.5, 0.6) is 11.6 Å². The maximum Gasteiger partial charge on any atom is 0.309 e. The van der Waals surface area contributed by atoms with Gasteiger partial charge in [-0.05, 0) is 50.6 Å². The molecule has 9 heteroatoms. The van der Waals surface area contributed by atoms with Gasteiger partial charge in [0.2, 0.25) is 10.8 Å². The van der Waals surface area contributed by atoms with Crippen molar-refractivity contribution in [3.8, 4) is 11.6 Å². The van der Waals surface area contributed by atoms with Gasteiger partial charge in [0, 0.05) is 6.42 Å². The lowest BCUT2D eigenvalue weighted by Crippen LogP contribution is -2.39. The molecule has 0 bridgehead atoms. The molecule has 3 aromatic rings. The molecule has 1 aromatic carbocycles. The molecule has 1 atom stereocenters. The molecule has 1 fully saturated rings. The SMILES string of the molecule is CCOC(=O)C1CCN([C@H](c2ccc(OC)cc2)c2sc3nc(CC)nn3c2O)CC1. The average Bonchev–Trinajstić information content (AvgIpc) is 3.34. The van der Waals surface area contributed by atoms with Crippen LogP contribution in [0.3, 0.4) is 0 Å². The molecule has 31 heavy (non-hydrogen) atoms. The zero-order chi connectivity index (χ0) is 22.0. The summed E-state index contributed by atoms with van der Waals surface area (Å²) in [7, 11) is 1.64. The van der Waals surface area contributed by atoms with E-state index in [2.05, 4.69) is 15.0 Å². The smallest absolute Gasteiger partial charge is 0.309 e. The number of benzene rings is 1. The summed E-state index contributed by atoms with van der Waals surface area (Å²) in [6, 6.07) is 7.74. The number of esters is 1. The number of hydrogen-bond donors (Lipinski definition) is 1. The Balaban J connectivity index is 1.66. The van der Waals surface area contributed by atoms with Crippen molar-refractivity contribution in [3.05, 3.63) is 40.5 Å². The quantitative estimate of drug-likeness (QED) is 0.559. The Morgan fingerprint density at radius 1 is 1.26 bits per heavy atom. The van der Waals surface area contributed by atoms with E-state index in [1.54, 1.807) is 7.11 Å².